The maximum Gasteiger partial charge on any atom is 0.180 e. The molecule has 8 heteroatoms. The van der Waals surface area contributed by atoms with Gasteiger partial charge in [-0.15, -0.1) is 0 Å². The molecule has 0 radical (unpaired) electrons. The number of allylic oxidation sites excluding steroid dienone is 2. The first-order valence-corrected chi connectivity index (χ1v) is 17.9. The molecule has 0 saturated heterocycles. The van der Waals surface area contributed by atoms with Crippen molar-refractivity contribution >= 4 is 31.2 Å². The molecule has 0 bridgehead atoms. The van der Waals surface area contributed by atoms with Crippen LogP contribution in [0.3, 0.4) is 0 Å². The molecule has 0 amide bonds. The van der Waals surface area contributed by atoms with E-state index in [2.05, 4.69) is 27.7 Å². The first kappa shape index (κ1) is 28.9. The minimum absolute atomic E-state index is 0.173. The predicted octanol–water partition coefficient (Wildman–Crippen LogP) is 7.52. The van der Waals surface area contributed by atoms with Crippen LogP contribution in [0.25, 0.3) is 11.5 Å². The predicted molar refractivity (Wildman–Crippen MR) is 157 cm³/mol. The molecule has 0 spiro atoms. The van der Waals surface area contributed by atoms with Crippen LogP contribution < -0.4 is 0 Å². The Labute approximate surface area is 239 Å². The van der Waals surface area contributed by atoms with Crippen molar-refractivity contribution in [3.8, 4) is 0 Å². The fourth-order valence-electron chi connectivity index (χ4n) is 6.35. The molecule has 4 heterocycles. The number of hydrogen-bond acceptors (Lipinski definition) is 6. The lowest BCUT2D eigenvalue weighted by Crippen LogP contribution is -2.29. The maximum absolute atomic E-state index is 12.7. The summed E-state index contributed by atoms with van der Waals surface area (Å²) in [5.74, 6) is 3.79. The molecule has 0 unspecified atom stereocenters. The van der Waals surface area contributed by atoms with Gasteiger partial charge in [0.25, 0.3) is 0 Å². The highest BCUT2D eigenvalue weighted by atomic mass is 32.2. The van der Waals surface area contributed by atoms with Gasteiger partial charge in [0.05, 0.1) is 21.3 Å². The molecular weight excluding hydrogens is 544 g/mol. The Bertz CT molecular complexity index is 1460. The molecule has 0 saturated carbocycles. The van der Waals surface area contributed by atoms with Crippen molar-refractivity contribution in [3.05, 3.63) is 71.2 Å². The second-order valence-electron chi connectivity index (χ2n) is 11.5. The SMILES string of the molecule is CCCC[C@@]1(CC)CS(=O)(=O)c2ccccc2C2=C1O2.CCCC[C@]1(CC)CS(=O)(=O)c2ccccc2C2=C1O2. The van der Waals surface area contributed by atoms with Crippen molar-refractivity contribution in [2.24, 2.45) is 10.8 Å². The zero-order valence-electron chi connectivity index (χ0n) is 24.0. The van der Waals surface area contributed by atoms with Crippen molar-refractivity contribution in [3.63, 3.8) is 0 Å². The van der Waals surface area contributed by atoms with E-state index in [1.807, 2.05) is 24.3 Å². The van der Waals surface area contributed by atoms with E-state index in [4.69, 9.17) is 9.47 Å². The molecule has 216 valence electrons. The summed E-state index contributed by atoms with van der Waals surface area (Å²) in [6.07, 6.45) is 7.56. The van der Waals surface area contributed by atoms with Gasteiger partial charge in [0.1, 0.15) is 0 Å². The summed E-state index contributed by atoms with van der Waals surface area (Å²) < 4.78 is 62.4. The van der Waals surface area contributed by atoms with E-state index in [0.29, 0.717) is 9.79 Å². The largest absolute Gasteiger partial charge is 0.453 e. The summed E-state index contributed by atoms with van der Waals surface area (Å²) in [6, 6.07) is 14.4. The Hall–Kier alpha value is -2.58. The summed E-state index contributed by atoms with van der Waals surface area (Å²) in [4.78, 5) is 0.855. The number of fused-ring (bicyclic) bond motifs is 4. The smallest absolute Gasteiger partial charge is 0.180 e. The van der Waals surface area contributed by atoms with Gasteiger partial charge in [0.2, 0.25) is 0 Å². The molecule has 4 aliphatic rings. The van der Waals surface area contributed by atoms with Gasteiger partial charge >= 0.3 is 0 Å². The second kappa shape index (κ2) is 10.7. The number of benzene rings is 2. The van der Waals surface area contributed by atoms with E-state index in [1.54, 1.807) is 24.3 Å². The van der Waals surface area contributed by atoms with Gasteiger partial charge in [-0.1, -0.05) is 77.6 Å². The highest BCUT2D eigenvalue weighted by molar-refractivity contribution is 7.91. The van der Waals surface area contributed by atoms with Gasteiger partial charge < -0.3 is 9.47 Å². The van der Waals surface area contributed by atoms with Crippen molar-refractivity contribution in [1.29, 1.82) is 0 Å². The third kappa shape index (κ3) is 5.02. The minimum Gasteiger partial charge on any atom is -0.453 e. The van der Waals surface area contributed by atoms with Crippen molar-refractivity contribution < 1.29 is 26.3 Å². The van der Waals surface area contributed by atoms with E-state index in [1.165, 1.54) is 0 Å². The van der Waals surface area contributed by atoms with Gasteiger partial charge in [0, 0.05) is 22.0 Å². The molecule has 6 rings (SSSR count). The average molecular weight is 585 g/mol. The van der Waals surface area contributed by atoms with Gasteiger partial charge in [-0.25, -0.2) is 16.8 Å². The van der Waals surface area contributed by atoms with E-state index in [9.17, 15) is 16.8 Å². The maximum atomic E-state index is 12.7. The van der Waals surface area contributed by atoms with Crippen LogP contribution in [-0.4, -0.2) is 28.3 Å². The molecule has 2 atom stereocenters. The molecule has 0 aromatic heterocycles. The highest BCUT2D eigenvalue weighted by Gasteiger charge is 2.53. The van der Waals surface area contributed by atoms with E-state index in [-0.39, 0.29) is 22.3 Å². The first-order valence-electron chi connectivity index (χ1n) is 14.6. The Morgan fingerprint density at radius 2 is 1.00 bits per heavy atom. The van der Waals surface area contributed by atoms with Crippen molar-refractivity contribution in [2.45, 2.75) is 88.9 Å². The van der Waals surface area contributed by atoms with Gasteiger partial charge in [0.15, 0.2) is 42.7 Å². The van der Waals surface area contributed by atoms with Crippen LogP contribution in [0.2, 0.25) is 0 Å². The standard InChI is InChI=1S/2C16H20O3S/c2*1-3-5-10-16(4-2)11-20(17,18)13-9-7-6-8-12(13)14-15(16)19-14/h2*6-9H,3-5,10-11H2,1-2H3/t2*16-/m10/s1. The van der Waals surface area contributed by atoms with E-state index < -0.39 is 19.7 Å². The number of ether oxygens (including phenoxy) is 2. The number of rotatable bonds is 8. The normalized spacial score (nSPS) is 26.3. The van der Waals surface area contributed by atoms with E-state index in [0.717, 1.165) is 85.5 Å². The van der Waals surface area contributed by atoms with Gasteiger partial charge in [-0.3, -0.25) is 0 Å². The molecule has 2 aromatic carbocycles. The third-order valence-electron chi connectivity index (χ3n) is 8.94. The van der Waals surface area contributed by atoms with Crippen LogP contribution in [0.4, 0.5) is 0 Å². The summed E-state index contributed by atoms with van der Waals surface area (Å²) >= 11 is 0. The lowest BCUT2D eigenvalue weighted by Gasteiger charge is -2.28. The highest BCUT2D eigenvalue weighted by Crippen LogP contribution is 2.57. The van der Waals surface area contributed by atoms with Crippen LogP contribution in [0.15, 0.2) is 69.8 Å². The summed E-state index contributed by atoms with van der Waals surface area (Å²) in [5, 5.41) is 0. The number of unbranched alkanes of at least 4 members (excludes halogenated alkanes) is 2. The topological polar surface area (TPSA) is 93.3 Å². The molecular formula is C32H40O6S2. The summed E-state index contributed by atoms with van der Waals surface area (Å²) in [7, 11) is -6.51. The fraction of sp³-hybridized carbons (Fsp3) is 0.500. The van der Waals surface area contributed by atoms with Gasteiger partial charge in [-0.2, -0.15) is 0 Å². The number of hydrogen-bond donors (Lipinski definition) is 0. The van der Waals surface area contributed by atoms with Gasteiger partial charge in [-0.05, 0) is 49.9 Å². The second-order valence-corrected chi connectivity index (χ2v) is 15.4. The quantitative estimate of drug-likeness (QED) is 0.319. The zero-order chi connectivity index (χ0) is 28.8. The molecule has 4 aliphatic heterocycles. The Balaban J connectivity index is 0.000000161. The molecule has 0 fully saturated rings. The lowest BCUT2D eigenvalue weighted by atomic mass is 9.81. The van der Waals surface area contributed by atoms with Crippen LogP contribution in [0, 0.1) is 10.8 Å². The van der Waals surface area contributed by atoms with Crippen molar-refractivity contribution in [1.82, 2.24) is 0 Å². The van der Waals surface area contributed by atoms with Crippen molar-refractivity contribution in [2.75, 3.05) is 11.5 Å². The molecule has 6 nitrogen and oxygen atoms in total. The Kier molecular flexibility index (Phi) is 7.72. The third-order valence-corrected chi connectivity index (χ3v) is 12.9. The first-order chi connectivity index (χ1) is 19.1. The molecule has 2 aromatic rings. The summed E-state index contributed by atoms with van der Waals surface area (Å²) in [6.45, 7) is 8.39. The minimum atomic E-state index is -3.25. The van der Waals surface area contributed by atoms with E-state index >= 15 is 0 Å². The van der Waals surface area contributed by atoms with Crippen LogP contribution in [-0.2, 0) is 29.1 Å². The van der Waals surface area contributed by atoms with Crippen LogP contribution in [0.1, 0.15) is 90.2 Å². The van der Waals surface area contributed by atoms with Crippen LogP contribution >= 0.6 is 0 Å². The average Bonchev–Trinajstić information content (AvgIpc) is 3.87. The Morgan fingerprint density at radius 1 is 0.625 bits per heavy atom. The Morgan fingerprint density at radius 3 is 1.35 bits per heavy atom. The zero-order valence-corrected chi connectivity index (χ0v) is 25.6. The molecule has 0 N–H and O–H groups in total. The number of sulfone groups is 2. The van der Waals surface area contributed by atoms with Crippen LogP contribution in [0.5, 0.6) is 0 Å². The monoisotopic (exact) mass is 584 g/mol. The lowest BCUT2D eigenvalue weighted by molar-refractivity contribution is 0.278. The molecule has 40 heavy (non-hydrogen) atoms. The summed E-state index contributed by atoms with van der Waals surface area (Å²) in [5.41, 5.74) is 0.829. The molecule has 0 aliphatic carbocycles. The fourth-order valence-corrected chi connectivity index (χ4v) is 10.6.